The molecule has 0 saturated carbocycles. The third-order valence-corrected chi connectivity index (χ3v) is 5.62. The van der Waals surface area contributed by atoms with E-state index < -0.39 is 0 Å². The lowest BCUT2D eigenvalue weighted by Gasteiger charge is -2.32. The molecule has 0 aliphatic carbocycles. The first-order valence-corrected chi connectivity index (χ1v) is 10.2. The van der Waals surface area contributed by atoms with Crippen LogP contribution in [0, 0.1) is 13.8 Å². The van der Waals surface area contributed by atoms with Gasteiger partial charge in [0.1, 0.15) is 24.9 Å². The Morgan fingerprint density at radius 3 is 2.46 bits per heavy atom. The molecule has 5 nitrogen and oxygen atoms in total. The summed E-state index contributed by atoms with van der Waals surface area (Å²) in [5.74, 6) is 0.874. The Balaban J connectivity index is 1.66. The highest BCUT2D eigenvalue weighted by molar-refractivity contribution is 7.80. The van der Waals surface area contributed by atoms with Gasteiger partial charge in [0.2, 0.25) is 0 Å². The SMILES string of the molecule is COc1ccc([C@@H](CNC(=S)Nc2ccc(C)c(C)c2)[NH+]2CCOCC2)cc1. The van der Waals surface area contributed by atoms with Gasteiger partial charge in [-0.15, -0.1) is 0 Å². The molecule has 1 heterocycles. The van der Waals surface area contributed by atoms with E-state index in [1.807, 2.05) is 12.1 Å². The minimum atomic E-state index is 0.300. The number of benzene rings is 2. The molecule has 3 rings (SSSR count). The summed E-state index contributed by atoms with van der Waals surface area (Å²) in [6.45, 7) is 8.57. The Morgan fingerprint density at radius 1 is 1.11 bits per heavy atom. The highest BCUT2D eigenvalue weighted by Crippen LogP contribution is 2.17. The van der Waals surface area contributed by atoms with Crippen LogP contribution in [0.4, 0.5) is 5.69 Å². The first-order chi connectivity index (χ1) is 13.6. The zero-order valence-electron chi connectivity index (χ0n) is 16.9. The molecule has 0 spiro atoms. The summed E-state index contributed by atoms with van der Waals surface area (Å²) in [5.41, 5.74) is 4.82. The average Bonchev–Trinajstić information content (AvgIpc) is 2.72. The largest absolute Gasteiger partial charge is 0.497 e. The van der Waals surface area contributed by atoms with Crippen molar-refractivity contribution in [1.82, 2.24) is 5.32 Å². The lowest BCUT2D eigenvalue weighted by molar-refractivity contribution is -0.937. The molecular weight excluding hydrogens is 370 g/mol. The van der Waals surface area contributed by atoms with E-state index in [9.17, 15) is 0 Å². The third kappa shape index (κ3) is 5.44. The number of nitrogens with one attached hydrogen (secondary N) is 3. The molecule has 1 atom stereocenters. The zero-order valence-corrected chi connectivity index (χ0v) is 17.7. The van der Waals surface area contributed by atoms with Gasteiger partial charge in [0.05, 0.1) is 26.9 Å². The predicted octanol–water partition coefficient (Wildman–Crippen LogP) is 2.25. The number of rotatable bonds is 6. The van der Waals surface area contributed by atoms with Crippen molar-refractivity contribution in [2.24, 2.45) is 0 Å². The summed E-state index contributed by atoms with van der Waals surface area (Å²) in [6.07, 6.45) is 0. The van der Waals surface area contributed by atoms with Crippen molar-refractivity contribution in [1.29, 1.82) is 0 Å². The van der Waals surface area contributed by atoms with Gasteiger partial charge < -0.3 is 25.0 Å². The Hall–Kier alpha value is -2.15. The van der Waals surface area contributed by atoms with E-state index in [0.717, 1.165) is 44.3 Å². The second-order valence-electron chi connectivity index (χ2n) is 7.23. The minimum Gasteiger partial charge on any atom is -0.497 e. The molecule has 3 N–H and O–H groups in total. The number of thiocarbonyl (C=S) groups is 1. The van der Waals surface area contributed by atoms with Crippen LogP contribution in [0.3, 0.4) is 0 Å². The maximum atomic E-state index is 5.55. The molecule has 0 radical (unpaired) electrons. The third-order valence-electron chi connectivity index (χ3n) is 5.38. The molecule has 0 amide bonds. The summed E-state index contributed by atoms with van der Waals surface area (Å²) in [7, 11) is 1.69. The maximum Gasteiger partial charge on any atom is 0.171 e. The van der Waals surface area contributed by atoms with Crippen LogP contribution in [0.5, 0.6) is 5.75 Å². The monoisotopic (exact) mass is 400 g/mol. The number of morpholine rings is 1. The van der Waals surface area contributed by atoms with Gasteiger partial charge in [0.25, 0.3) is 0 Å². The minimum absolute atomic E-state index is 0.300. The smallest absolute Gasteiger partial charge is 0.171 e. The number of methoxy groups -OCH3 is 1. The van der Waals surface area contributed by atoms with Crippen LogP contribution in [0.1, 0.15) is 22.7 Å². The second kappa shape index (κ2) is 9.87. The van der Waals surface area contributed by atoms with Crippen LogP contribution in [-0.2, 0) is 4.74 Å². The zero-order chi connectivity index (χ0) is 19.9. The van der Waals surface area contributed by atoms with Crippen LogP contribution in [0.2, 0.25) is 0 Å². The van der Waals surface area contributed by atoms with E-state index in [0.29, 0.717) is 11.2 Å². The predicted molar refractivity (Wildman–Crippen MR) is 117 cm³/mol. The molecule has 2 aromatic rings. The van der Waals surface area contributed by atoms with Crippen molar-refractivity contribution in [3.8, 4) is 5.75 Å². The van der Waals surface area contributed by atoms with Gasteiger partial charge in [-0.05, 0) is 73.6 Å². The number of anilines is 1. The normalized spacial score (nSPS) is 15.7. The summed E-state index contributed by atoms with van der Waals surface area (Å²) < 4.78 is 10.9. The van der Waals surface area contributed by atoms with E-state index in [1.54, 1.807) is 7.11 Å². The van der Waals surface area contributed by atoms with E-state index in [2.05, 4.69) is 54.8 Å². The second-order valence-corrected chi connectivity index (χ2v) is 7.64. The molecule has 2 aromatic carbocycles. The molecular formula is C22H30N3O2S+. The molecule has 28 heavy (non-hydrogen) atoms. The molecule has 1 fully saturated rings. The fourth-order valence-electron chi connectivity index (χ4n) is 3.51. The molecule has 1 saturated heterocycles. The number of aryl methyl sites for hydroxylation is 2. The fraction of sp³-hybridized carbons (Fsp3) is 0.409. The van der Waals surface area contributed by atoms with Crippen LogP contribution >= 0.6 is 12.2 Å². The lowest BCUT2D eigenvalue weighted by Crippen LogP contribution is -3.15. The highest BCUT2D eigenvalue weighted by atomic mass is 32.1. The van der Waals surface area contributed by atoms with Crippen LogP contribution in [0.25, 0.3) is 0 Å². The molecule has 0 aromatic heterocycles. The Morgan fingerprint density at radius 2 is 1.82 bits per heavy atom. The fourth-order valence-corrected chi connectivity index (χ4v) is 3.71. The van der Waals surface area contributed by atoms with Gasteiger partial charge in [0.15, 0.2) is 5.11 Å². The van der Waals surface area contributed by atoms with Gasteiger partial charge in [-0.1, -0.05) is 6.07 Å². The lowest BCUT2D eigenvalue weighted by atomic mass is 10.0. The first kappa shape index (κ1) is 20.6. The standard InChI is InChI=1S/C22H29N3O2S/c1-16-4-7-19(14-17(16)2)24-22(28)23-15-21(25-10-12-27-13-11-25)18-5-8-20(26-3)9-6-18/h4-9,14,21H,10-13,15H2,1-3H3,(H2,23,24,28)/p+1/t21-/m1/s1. The molecule has 1 aliphatic heterocycles. The van der Waals surface area contributed by atoms with E-state index in [1.165, 1.54) is 21.6 Å². The van der Waals surface area contributed by atoms with Crippen molar-refractivity contribution in [3.63, 3.8) is 0 Å². The van der Waals surface area contributed by atoms with Gasteiger partial charge >= 0.3 is 0 Å². The van der Waals surface area contributed by atoms with Gasteiger partial charge in [-0.2, -0.15) is 0 Å². The Labute approximate surface area is 173 Å². The van der Waals surface area contributed by atoms with Crippen molar-refractivity contribution < 1.29 is 14.4 Å². The van der Waals surface area contributed by atoms with Gasteiger partial charge in [-0.3, -0.25) is 0 Å². The summed E-state index contributed by atoms with van der Waals surface area (Å²) >= 11 is 5.55. The highest BCUT2D eigenvalue weighted by Gasteiger charge is 2.26. The molecule has 6 heteroatoms. The van der Waals surface area contributed by atoms with E-state index in [4.69, 9.17) is 21.7 Å². The Bertz CT molecular complexity index is 789. The summed E-state index contributed by atoms with van der Waals surface area (Å²) in [4.78, 5) is 1.51. The molecule has 150 valence electrons. The number of hydrogen-bond donors (Lipinski definition) is 3. The Kier molecular flexibility index (Phi) is 7.25. The van der Waals surface area contributed by atoms with E-state index in [-0.39, 0.29) is 0 Å². The van der Waals surface area contributed by atoms with Crippen molar-refractivity contribution in [2.45, 2.75) is 19.9 Å². The molecule has 1 aliphatic rings. The summed E-state index contributed by atoms with van der Waals surface area (Å²) in [6, 6.07) is 14.9. The topological polar surface area (TPSA) is 47.0 Å². The van der Waals surface area contributed by atoms with Crippen LogP contribution in [-0.4, -0.2) is 45.1 Å². The molecule has 0 unspecified atom stereocenters. The quantitative estimate of drug-likeness (QED) is 0.650. The van der Waals surface area contributed by atoms with Crippen LogP contribution in [0.15, 0.2) is 42.5 Å². The number of quaternary nitrogens is 1. The van der Waals surface area contributed by atoms with Gasteiger partial charge in [0, 0.05) is 11.3 Å². The van der Waals surface area contributed by atoms with Crippen LogP contribution < -0.4 is 20.3 Å². The number of ether oxygens (including phenoxy) is 2. The average molecular weight is 401 g/mol. The summed E-state index contributed by atoms with van der Waals surface area (Å²) in [5, 5.41) is 7.37. The van der Waals surface area contributed by atoms with Crippen molar-refractivity contribution in [3.05, 3.63) is 59.2 Å². The number of hydrogen-bond acceptors (Lipinski definition) is 3. The molecule has 0 bridgehead atoms. The van der Waals surface area contributed by atoms with Crippen molar-refractivity contribution in [2.75, 3.05) is 45.3 Å². The first-order valence-electron chi connectivity index (χ1n) is 9.75. The maximum absolute atomic E-state index is 5.55. The van der Waals surface area contributed by atoms with Gasteiger partial charge in [-0.25, -0.2) is 0 Å². The van der Waals surface area contributed by atoms with E-state index >= 15 is 0 Å². The van der Waals surface area contributed by atoms with Crippen molar-refractivity contribution >= 4 is 23.0 Å².